The number of nitrogens with two attached hydrogens (primary N) is 1. The van der Waals surface area contributed by atoms with Crippen molar-refractivity contribution in [3.05, 3.63) is 42.5 Å². The molecule has 1 aliphatic rings. The number of hydrogen-bond acceptors (Lipinski definition) is 3. The summed E-state index contributed by atoms with van der Waals surface area (Å²) in [7, 11) is 0. The molecule has 20 heavy (non-hydrogen) atoms. The normalized spacial score (nSPS) is 26.6. The van der Waals surface area contributed by atoms with Crippen LogP contribution in [0.1, 0.15) is 25.7 Å². The number of hydrogen-bond donors (Lipinski definition) is 2. The van der Waals surface area contributed by atoms with Gasteiger partial charge in [-0.25, -0.2) is 0 Å². The number of fused-ring (bicyclic) bond motifs is 1. The van der Waals surface area contributed by atoms with E-state index in [2.05, 4.69) is 18.2 Å². The van der Waals surface area contributed by atoms with Gasteiger partial charge in [-0.2, -0.15) is 0 Å². The van der Waals surface area contributed by atoms with Crippen molar-refractivity contribution in [2.75, 3.05) is 6.61 Å². The second kappa shape index (κ2) is 5.43. The van der Waals surface area contributed by atoms with Crippen LogP contribution in [0.4, 0.5) is 0 Å². The van der Waals surface area contributed by atoms with E-state index < -0.39 is 5.54 Å². The van der Waals surface area contributed by atoms with E-state index in [9.17, 15) is 5.11 Å². The lowest BCUT2D eigenvalue weighted by molar-refractivity contribution is 0.0738. The van der Waals surface area contributed by atoms with Crippen LogP contribution in [-0.2, 0) is 0 Å². The van der Waals surface area contributed by atoms with Crippen LogP contribution < -0.4 is 10.5 Å². The Labute approximate surface area is 119 Å². The summed E-state index contributed by atoms with van der Waals surface area (Å²) in [5.41, 5.74) is 5.71. The smallest absolute Gasteiger partial charge is 0.127 e. The van der Waals surface area contributed by atoms with Gasteiger partial charge in [0.25, 0.3) is 0 Å². The Morgan fingerprint density at radius 1 is 1.20 bits per heavy atom. The SMILES string of the molecule is NC1(CO)CCCC(Oc2cccc3ccccc23)C1. The largest absolute Gasteiger partial charge is 0.490 e. The zero-order valence-electron chi connectivity index (χ0n) is 11.6. The molecule has 0 radical (unpaired) electrons. The third kappa shape index (κ3) is 2.65. The summed E-state index contributed by atoms with van der Waals surface area (Å²) >= 11 is 0. The molecule has 0 bridgehead atoms. The van der Waals surface area contributed by atoms with Crippen LogP contribution in [0.5, 0.6) is 5.75 Å². The fraction of sp³-hybridized carbons (Fsp3) is 0.412. The van der Waals surface area contributed by atoms with Gasteiger partial charge in [-0.15, -0.1) is 0 Å². The standard InChI is InChI=1S/C17H21NO2/c18-17(12-19)10-4-7-14(11-17)20-16-9-3-6-13-5-1-2-8-15(13)16/h1-3,5-6,8-9,14,19H,4,7,10-12,18H2. The fourth-order valence-corrected chi connectivity index (χ4v) is 3.06. The Bertz CT molecular complexity index is 593. The Hall–Kier alpha value is -1.58. The van der Waals surface area contributed by atoms with E-state index in [-0.39, 0.29) is 12.7 Å². The predicted octanol–water partition coefficient (Wildman–Crippen LogP) is 2.85. The van der Waals surface area contributed by atoms with Crippen LogP contribution in [0.25, 0.3) is 10.8 Å². The van der Waals surface area contributed by atoms with Crippen molar-refractivity contribution in [3.63, 3.8) is 0 Å². The van der Waals surface area contributed by atoms with E-state index >= 15 is 0 Å². The first-order chi connectivity index (χ1) is 9.70. The van der Waals surface area contributed by atoms with Crippen molar-refractivity contribution < 1.29 is 9.84 Å². The van der Waals surface area contributed by atoms with Crippen LogP contribution in [0.2, 0.25) is 0 Å². The molecule has 0 aromatic heterocycles. The molecule has 1 fully saturated rings. The lowest BCUT2D eigenvalue weighted by atomic mass is 9.81. The number of benzene rings is 2. The van der Waals surface area contributed by atoms with Crippen LogP contribution in [-0.4, -0.2) is 23.4 Å². The summed E-state index contributed by atoms with van der Waals surface area (Å²) in [6, 6.07) is 14.3. The molecule has 3 nitrogen and oxygen atoms in total. The first-order valence-corrected chi connectivity index (χ1v) is 7.24. The number of aliphatic hydroxyl groups excluding tert-OH is 1. The third-order valence-electron chi connectivity index (χ3n) is 4.19. The van der Waals surface area contributed by atoms with Gasteiger partial charge in [-0.3, -0.25) is 0 Å². The van der Waals surface area contributed by atoms with Gasteiger partial charge in [0.1, 0.15) is 11.9 Å². The van der Waals surface area contributed by atoms with Gasteiger partial charge in [0, 0.05) is 17.3 Å². The highest BCUT2D eigenvalue weighted by molar-refractivity contribution is 5.88. The Morgan fingerprint density at radius 2 is 2.00 bits per heavy atom. The molecule has 2 unspecified atom stereocenters. The van der Waals surface area contributed by atoms with Gasteiger partial charge in [0.05, 0.1) is 6.61 Å². The average molecular weight is 271 g/mol. The van der Waals surface area contributed by atoms with Gasteiger partial charge in [-0.1, -0.05) is 36.4 Å². The van der Waals surface area contributed by atoms with Gasteiger partial charge >= 0.3 is 0 Å². The molecule has 0 amide bonds. The molecule has 3 heteroatoms. The quantitative estimate of drug-likeness (QED) is 0.902. The van der Waals surface area contributed by atoms with Crippen molar-refractivity contribution in [3.8, 4) is 5.75 Å². The molecule has 1 saturated carbocycles. The number of rotatable bonds is 3. The average Bonchev–Trinajstić information content (AvgIpc) is 2.48. The molecule has 2 aromatic rings. The number of ether oxygens (including phenoxy) is 1. The van der Waals surface area contributed by atoms with Crippen LogP contribution in [0.3, 0.4) is 0 Å². The van der Waals surface area contributed by atoms with Crippen molar-refractivity contribution >= 4 is 10.8 Å². The van der Waals surface area contributed by atoms with Crippen LogP contribution >= 0.6 is 0 Å². The first-order valence-electron chi connectivity index (χ1n) is 7.24. The first kappa shape index (κ1) is 13.4. The molecule has 0 aliphatic heterocycles. The fourth-order valence-electron chi connectivity index (χ4n) is 3.06. The maximum absolute atomic E-state index is 9.43. The summed E-state index contributed by atoms with van der Waals surface area (Å²) in [5, 5.41) is 11.7. The summed E-state index contributed by atoms with van der Waals surface area (Å²) < 4.78 is 6.17. The molecule has 2 atom stereocenters. The minimum atomic E-state index is -0.479. The summed E-state index contributed by atoms with van der Waals surface area (Å²) in [6.07, 6.45) is 3.69. The second-order valence-corrected chi connectivity index (χ2v) is 5.83. The van der Waals surface area contributed by atoms with Crippen molar-refractivity contribution in [1.82, 2.24) is 0 Å². The maximum atomic E-state index is 9.43. The van der Waals surface area contributed by atoms with Gasteiger partial charge < -0.3 is 15.6 Å². The van der Waals surface area contributed by atoms with E-state index in [1.165, 1.54) is 5.39 Å². The molecule has 1 aliphatic carbocycles. The molecule has 106 valence electrons. The Kier molecular flexibility index (Phi) is 3.64. The minimum Gasteiger partial charge on any atom is -0.490 e. The molecule has 3 rings (SSSR count). The van der Waals surface area contributed by atoms with Gasteiger partial charge in [-0.05, 0) is 30.7 Å². The zero-order chi connectivity index (χ0) is 14.0. The van der Waals surface area contributed by atoms with Gasteiger partial charge in [0.2, 0.25) is 0 Å². The summed E-state index contributed by atoms with van der Waals surface area (Å²) in [6.45, 7) is 0.0302. The maximum Gasteiger partial charge on any atom is 0.127 e. The van der Waals surface area contributed by atoms with E-state index in [1.807, 2.05) is 24.3 Å². The molecule has 0 saturated heterocycles. The number of aliphatic hydroxyl groups is 1. The monoisotopic (exact) mass is 271 g/mol. The van der Waals surface area contributed by atoms with Crippen molar-refractivity contribution in [2.24, 2.45) is 5.73 Å². The predicted molar refractivity (Wildman–Crippen MR) is 80.8 cm³/mol. The molecule has 3 N–H and O–H groups in total. The van der Waals surface area contributed by atoms with E-state index in [1.54, 1.807) is 0 Å². The Morgan fingerprint density at radius 3 is 2.85 bits per heavy atom. The molecular weight excluding hydrogens is 250 g/mol. The summed E-state index contributed by atoms with van der Waals surface area (Å²) in [4.78, 5) is 0. The van der Waals surface area contributed by atoms with Crippen LogP contribution in [0.15, 0.2) is 42.5 Å². The molecule has 2 aromatic carbocycles. The summed E-state index contributed by atoms with van der Waals surface area (Å²) in [5.74, 6) is 0.912. The Balaban J connectivity index is 1.83. The van der Waals surface area contributed by atoms with E-state index in [4.69, 9.17) is 10.5 Å². The van der Waals surface area contributed by atoms with Crippen molar-refractivity contribution in [2.45, 2.75) is 37.3 Å². The molecule has 0 heterocycles. The highest BCUT2D eigenvalue weighted by Gasteiger charge is 2.33. The highest BCUT2D eigenvalue weighted by Crippen LogP contribution is 2.32. The topological polar surface area (TPSA) is 55.5 Å². The van der Waals surface area contributed by atoms with Gasteiger partial charge in [0.15, 0.2) is 0 Å². The highest BCUT2D eigenvalue weighted by atomic mass is 16.5. The third-order valence-corrected chi connectivity index (χ3v) is 4.19. The second-order valence-electron chi connectivity index (χ2n) is 5.83. The lowest BCUT2D eigenvalue weighted by Crippen LogP contribution is -2.50. The van der Waals surface area contributed by atoms with Crippen molar-refractivity contribution in [1.29, 1.82) is 0 Å². The van der Waals surface area contributed by atoms with Crippen LogP contribution in [0, 0.1) is 0 Å². The molecular formula is C17H21NO2. The van der Waals surface area contributed by atoms with E-state index in [0.717, 1.165) is 30.4 Å². The molecule has 0 spiro atoms. The lowest BCUT2D eigenvalue weighted by Gasteiger charge is -2.36. The van der Waals surface area contributed by atoms with E-state index in [0.29, 0.717) is 6.42 Å². The zero-order valence-corrected chi connectivity index (χ0v) is 11.6. The minimum absolute atomic E-state index is 0.0302.